The van der Waals surface area contributed by atoms with Gasteiger partial charge in [0.15, 0.2) is 0 Å². The van der Waals surface area contributed by atoms with E-state index in [0.717, 1.165) is 6.42 Å². The Kier molecular flexibility index (Phi) is 4.82. The van der Waals surface area contributed by atoms with E-state index in [4.69, 9.17) is 4.74 Å². The van der Waals surface area contributed by atoms with E-state index >= 15 is 0 Å². The van der Waals surface area contributed by atoms with Crippen molar-refractivity contribution in [3.63, 3.8) is 0 Å². The largest absolute Gasteiger partial charge is 0.468 e. The van der Waals surface area contributed by atoms with Crippen molar-refractivity contribution in [3.8, 4) is 0 Å². The Morgan fingerprint density at radius 3 is 2.76 bits per heavy atom. The molecule has 1 fully saturated rings. The minimum Gasteiger partial charge on any atom is -0.468 e. The quantitative estimate of drug-likeness (QED) is 0.735. The van der Waals surface area contributed by atoms with Gasteiger partial charge in [-0.2, -0.15) is 0 Å². The smallest absolute Gasteiger partial charge is 0.326 e. The highest BCUT2D eigenvalue weighted by Crippen LogP contribution is 2.33. The molecule has 4 nitrogen and oxygen atoms in total. The first kappa shape index (κ1) is 14.3. The van der Waals surface area contributed by atoms with Crippen LogP contribution in [0.1, 0.15) is 19.3 Å². The number of carbonyl (C=O) groups excluding carboxylic acids is 1. The lowest BCUT2D eigenvalue weighted by molar-refractivity contribution is -0.148. The van der Waals surface area contributed by atoms with Gasteiger partial charge in [-0.25, -0.2) is 8.78 Å². The molecular formula is C11H20F2N2O2. The van der Waals surface area contributed by atoms with Gasteiger partial charge in [0.1, 0.15) is 5.54 Å². The summed E-state index contributed by atoms with van der Waals surface area (Å²) in [6, 6.07) is -0.00412. The highest BCUT2D eigenvalue weighted by atomic mass is 19.3. The summed E-state index contributed by atoms with van der Waals surface area (Å²) in [4.78, 5) is 13.3. The molecule has 0 aromatic carbocycles. The molecule has 0 radical (unpaired) electrons. The molecular weight excluding hydrogens is 230 g/mol. The number of hydrogen-bond donors (Lipinski definition) is 1. The molecule has 0 saturated heterocycles. The first-order valence-corrected chi connectivity index (χ1v) is 5.71. The van der Waals surface area contributed by atoms with Crippen LogP contribution in [0, 0.1) is 0 Å². The summed E-state index contributed by atoms with van der Waals surface area (Å²) in [5.41, 5.74) is -0.713. The number of halogens is 2. The highest BCUT2D eigenvalue weighted by molar-refractivity contribution is 5.81. The lowest BCUT2D eigenvalue weighted by Crippen LogP contribution is -2.50. The van der Waals surface area contributed by atoms with Crippen LogP contribution in [0.3, 0.4) is 0 Å². The number of hydrogen-bond acceptors (Lipinski definition) is 4. The van der Waals surface area contributed by atoms with Crippen LogP contribution in [0.4, 0.5) is 8.78 Å². The number of esters is 1. The van der Waals surface area contributed by atoms with Gasteiger partial charge in [-0.3, -0.25) is 9.69 Å². The first-order valence-electron chi connectivity index (χ1n) is 5.71. The standard InChI is InChI=1S/C11H20F2N2O2/c1-14-11(10(16)17-3)5-4-8(6-11)15(2)7-9(12)13/h8-9,14H,4-7H2,1-3H3. The second kappa shape index (κ2) is 5.73. The van der Waals surface area contributed by atoms with E-state index in [2.05, 4.69) is 5.32 Å². The SMILES string of the molecule is CNC1(C(=O)OC)CCC(N(C)CC(F)F)C1. The van der Waals surface area contributed by atoms with Crippen LogP contribution in [0.5, 0.6) is 0 Å². The normalized spacial score (nSPS) is 29.0. The van der Waals surface area contributed by atoms with Gasteiger partial charge in [-0.05, 0) is 33.4 Å². The number of carbonyl (C=O) groups is 1. The van der Waals surface area contributed by atoms with Gasteiger partial charge in [-0.1, -0.05) is 0 Å². The fourth-order valence-electron chi connectivity index (χ4n) is 2.47. The van der Waals surface area contributed by atoms with Gasteiger partial charge in [0.2, 0.25) is 0 Å². The van der Waals surface area contributed by atoms with Crippen molar-refractivity contribution in [1.29, 1.82) is 0 Å². The maximum absolute atomic E-state index is 12.3. The minimum absolute atomic E-state index is 0.00412. The molecule has 0 heterocycles. The van der Waals surface area contributed by atoms with Gasteiger partial charge in [0.05, 0.1) is 13.7 Å². The molecule has 1 saturated carbocycles. The Hall–Kier alpha value is -0.750. The van der Waals surface area contributed by atoms with Crippen molar-refractivity contribution >= 4 is 5.97 Å². The lowest BCUT2D eigenvalue weighted by Gasteiger charge is -2.28. The van der Waals surface area contributed by atoms with Crippen LogP contribution >= 0.6 is 0 Å². The maximum Gasteiger partial charge on any atom is 0.326 e. The Morgan fingerprint density at radius 1 is 1.65 bits per heavy atom. The monoisotopic (exact) mass is 250 g/mol. The molecule has 0 aliphatic heterocycles. The van der Waals surface area contributed by atoms with E-state index in [1.54, 1.807) is 19.0 Å². The van der Waals surface area contributed by atoms with Gasteiger partial charge >= 0.3 is 5.97 Å². The van der Waals surface area contributed by atoms with E-state index < -0.39 is 12.0 Å². The third-order valence-corrected chi connectivity index (χ3v) is 3.59. The van der Waals surface area contributed by atoms with E-state index in [0.29, 0.717) is 12.8 Å². The Bertz CT molecular complexity index is 276. The fraction of sp³-hybridized carbons (Fsp3) is 0.909. The predicted octanol–water partition coefficient (Wildman–Crippen LogP) is 0.867. The van der Waals surface area contributed by atoms with Crippen molar-refractivity contribution in [1.82, 2.24) is 10.2 Å². The summed E-state index contributed by atoms with van der Waals surface area (Å²) in [5.74, 6) is -0.312. The van der Waals surface area contributed by atoms with Gasteiger partial charge < -0.3 is 10.1 Å². The molecule has 1 N–H and O–H groups in total. The number of rotatable bonds is 5. The number of ether oxygens (including phenoxy) is 1. The van der Waals surface area contributed by atoms with Gasteiger partial charge in [-0.15, -0.1) is 0 Å². The van der Waals surface area contributed by atoms with Crippen LogP contribution in [0.25, 0.3) is 0 Å². The van der Waals surface area contributed by atoms with E-state index in [9.17, 15) is 13.6 Å². The zero-order chi connectivity index (χ0) is 13.1. The average molecular weight is 250 g/mol. The van der Waals surface area contributed by atoms with Gasteiger partial charge in [0, 0.05) is 6.04 Å². The van der Waals surface area contributed by atoms with E-state index in [-0.39, 0.29) is 18.6 Å². The van der Waals surface area contributed by atoms with Gasteiger partial charge in [0.25, 0.3) is 6.43 Å². The van der Waals surface area contributed by atoms with Crippen molar-refractivity contribution in [3.05, 3.63) is 0 Å². The number of likely N-dealkylation sites (N-methyl/N-ethyl adjacent to an activating group) is 1. The molecule has 0 aromatic heterocycles. The summed E-state index contributed by atoms with van der Waals surface area (Å²) < 4.78 is 29.3. The van der Waals surface area contributed by atoms with E-state index in [1.165, 1.54) is 7.11 Å². The third kappa shape index (κ3) is 3.13. The zero-order valence-corrected chi connectivity index (χ0v) is 10.5. The molecule has 0 bridgehead atoms. The summed E-state index contributed by atoms with van der Waals surface area (Å²) in [5, 5.41) is 2.98. The molecule has 2 unspecified atom stereocenters. The van der Waals surface area contributed by atoms with Crippen molar-refractivity contribution in [2.24, 2.45) is 0 Å². The second-order valence-electron chi connectivity index (χ2n) is 4.55. The molecule has 1 aliphatic rings. The second-order valence-corrected chi connectivity index (χ2v) is 4.55. The molecule has 100 valence electrons. The molecule has 2 atom stereocenters. The number of nitrogens with one attached hydrogen (secondary N) is 1. The summed E-state index contributed by atoms with van der Waals surface area (Å²) >= 11 is 0. The Balaban J connectivity index is 2.63. The molecule has 0 amide bonds. The summed E-state index contributed by atoms with van der Waals surface area (Å²) in [6.45, 7) is -0.258. The van der Waals surface area contributed by atoms with Crippen LogP contribution in [0.15, 0.2) is 0 Å². The average Bonchev–Trinajstić information content (AvgIpc) is 2.72. The predicted molar refractivity (Wildman–Crippen MR) is 60.1 cm³/mol. The number of alkyl halides is 2. The number of nitrogens with zero attached hydrogens (tertiary/aromatic N) is 1. The lowest BCUT2D eigenvalue weighted by atomic mass is 9.97. The number of methoxy groups -OCH3 is 1. The molecule has 1 rings (SSSR count). The first-order chi connectivity index (χ1) is 7.95. The highest BCUT2D eigenvalue weighted by Gasteiger charge is 2.46. The molecule has 17 heavy (non-hydrogen) atoms. The summed E-state index contributed by atoms with van der Waals surface area (Å²) in [6.07, 6.45) is -0.491. The van der Waals surface area contributed by atoms with Crippen LogP contribution in [-0.4, -0.2) is 56.6 Å². The van der Waals surface area contributed by atoms with Crippen LogP contribution in [0.2, 0.25) is 0 Å². The van der Waals surface area contributed by atoms with E-state index in [1.807, 2.05) is 0 Å². The zero-order valence-electron chi connectivity index (χ0n) is 10.5. The van der Waals surface area contributed by atoms with Crippen molar-refractivity contribution < 1.29 is 18.3 Å². The minimum atomic E-state index is -2.34. The molecule has 6 heteroatoms. The fourth-order valence-corrected chi connectivity index (χ4v) is 2.47. The van der Waals surface area contributed by atoms with Crippen molar-refractivity contribution in [2.75, 3.05) is 27.7 Å². The Morgan fingerprint density at radius 2 is 2.29 bits per heavy atom. The van der Waals surface area contributed by atoms with Crippen LogP contribution < -0.4 is 5.32 Å². The van der Waals surface area contributed by atoms with Crippen LogP contribution in [-0.2, 0) is 9.53 Å². The summed E-state index contributed by atoms with van der Waals surface area (Å²) in [7, 11) is 4.71. The molecule has 0 aromatic rings. The third-order valence-electron chi connectivity index (χ3n) is 3.59. The van der Waals surface area contributed by atoms with Crippen molar-refractivity contribution in [2.45, 2.75) is 37.3 Å². The molecule has 0 spiro atoms. The topological polar surface area (TPSA) is 41.6 Å². The maximum atomic E-state index is 12.3. The molecule has 1 aliphatic carbocycles. The Labute approximate surface area is 100 Å².